The fourth-order valence-corrected chi connectivity index (χ4v) is 1.95. The largest absolute Gasteiger partial charge is 0.493 e. The molecule has 0 fully saturated rings. The summed E-state index contributed by atoms with van der Waals surface area (Å²) in [5.74, 6) is -0.0391. The highest BCUT2D eigenvalue weighted by atomic mass is 16.5. The van der Waals surface area contributed by atoms with Crippen molar-refractivity contribution in [3.63, 3.8) is 0 Å². The van der Waals surface area contributed by atoms with Gasteiger partial charge in [-0.25, -0.2) is 4.79 Å². The van der Waals surface area contributed by atoms with E-state index in [1.54, 1.807) is 18.2 Å². The van der Waals surface area contributed by atoms with Crippen molar-refractivity contribution in [3.05, 3.63) is 24.3 Å². The number of benzene rings is 1. The van der Waals surface area contributed by atoms with E-state index in [1.807, 2.05) is 19.9 Å². The number of methoxy groups -OCH3 is 1. The van der Waals surface area contributed by atoms with E-state index in [0.29, 0.717) is 17.9 Å². The lowest BCUT2D eigenvalue weighted by molar-refractivity contribution is -0.142. The van der Waals surface area contributed by atoms with Crippen LogP contribution in [-0.2, 0) is 9.59 Å². The molecule has 1 rings (SSSR count). The summed E-state index contributed by atoms with van der Waals surface area (Å²) in [7, 11) is 1.54. The Balaban J connectivity index is 2.43. The van der Waals surface area contributed by atoms with E-state index in [-0.39, 0.29) is 24.9 Å². The third-order valence-corrected chi connectivity index (χ3v) is 3.00. The van der Waals surface area contributed by atoms with Gasteiger partial charge in [-0.15, -0.1) is 0 Å². The van der Waals surface area contributed by atoms with Gasteiger partial charge in [0.1, 0.15) is 6.04 Å². The highest BCUT2D eigenvalue weighted by Gasteiger charge is 2.20. The number of para-hydroxylation sites is 2. The van der Waals surface area contributed by atoms with Gasteiger partial charge in [0.25, 0.3) is 0 Å². The van der Waals surface area contributed by atoms with E-state index >= 15 is 0 Å². The molecule has 0 spiro atoms. The third kappa shape index (κ3) is 6.03. The fraction of sp³-hybridized carbons (Fsp3) is 0.500. The molecular formula is C16H23NO5. The van der Waals surface area contributed by atoms with Gasteiger partial charge in [-0.1, -0.05) is 26.0 Å². The molecule has 0 aliphatic carbocycles. The molecule has 1 aromatic carbocycles. The molecule has 0 saturated heterocycles. The predicted octanol–water partition coefficient (Wildman–Crippen LogP) is 2.08. The van der Waals surface area contributed by atoms with Crippen molar-refractivity contribution in [3.8, 4) is 11.5 Å². The Morgan fingerprint density at radius 2 is 1.86 bits per heavy atom. The van der Waals surface area contributed by atoms with Crippen molar-refractivity contribution in [2.75, 3.05) is 13.7 Å². The summed E-state index contributed by atoms with van der Waals surface area (Å²) < 4.78 is 10.6. The normalized spacial score (nSPS) is 11.8. The highest BCUT2D eigenvalue weighted by molar-refractivity contribution is 5.83. The van der Waals surface area contributed by atoms with Crippen LogP contribution in [0.3, 0.4) is 0 Å². The van der Waals surface area contributed by atoms with E-state index < -0.39 is 12.0 Å². The van der Waals surface area contributed by atoms with E-state index in [2.05, 4.69) is 5.32 Å². The summed E-state index contributed by atoms with van der Waals surface area (Å²) in [6.45, 7) is 3.97. The maximum absolute atomic E-state index is 11.8. The molecular weight excluding hydrogens is 286 g/mol. The van der Waals surface area contributed by atoms with Crippen molar-refractivity contribution in [1.29, 1.82) is 0 Å². The first-order valence-electron chi connectivity index (χ1n) is 7.22. The van der Waals surface area contributed by atoms with Crippen molar-refractivity contribution in [2.45, 2.75) is 32.7 Å². The van der Waals surface area contributed by atoms with Crippen LogP contribution in [0, 0.1) is 5.92 Å². The quantitative estimate of drug-likeness (QED) is 0.729. The van der Waals surface area contributed by atoms with Crippen molar-refractivity contribution in [2.24, 2.45) is 5.92 Å². The molecule has 0 radical (unpaired) electrons. The number of hydrogen-bond donors (Lipinski definition) is 2. The molecule has 1 atom stereocenters. The smallest absolute Gasteiger partial charge is 0.326 e. The SMILES string of the molecule is COc1ccccc1OCCC(=O)NC(CC(C)C)C(=O)O. The van der Waals surface area contributed by atoms with Crippen LogP contribution in [0.5, 0.6) is 11.5 Å². The molecule has 122 valence electrons. The molecule has 2 N–H and O–H groups in total. The lowest BCUT2D eigenvalue weighted by atomic mass is 10.0. The Morgan fingerprint density at radius 1 is 1.23 bits per heavy atom. The molecule has 0 aliphatic heterocycles. The first-order chi connectivity index (χ1) is 10.4. The van der Waals surface area contributed by atoms with Crippen LogP contribution in [0.4, 0.5) is 0 Å². The van der Waals surface area contributed by atoms with Gasteiger partial charge >= 0.3 is 5.97 Å². The number of carbonyl (C=O) groups excluding carboxylic acids is 1. The average molecular weight is 309 g/mol. The number of nitrogens with one attached hydrogen (secondary N) is 1. The van der Waals surface area contributed by atoms with Crippen LogP contribution in [0.15, 0.2) is 24.3 Å². The van der Waals surface area contributed by atoms with Gasteiger partial charge in [0.15, 0.2) is 11.5 Å². The van der Waals surface area contributed by atoms with E-state index in [0.717, 1.165) is 0 Å². The number of carboxylic acids is 1. The average Bonchev–Trinajstić information content (AvgIpc) is 2.46. The van der Waals surface area contributed by atoms with Crippen LogP contribution in [0.25, 0.3) is 0 Å². The number of amides is 1. The first-order valence-corrected chi connectivity index (χ1v) is 7.22. The van der Waals surface area contributed by atoms with Crippen LogP contribution >= 0.6 is 0 Å². The fourth-order valence-electron chi connectivity index (χ4n) is 1.95. The van der Waals surface area contributed by atoms with E-state index in [1.165, 1.54) is 7.11 Å². The molecule has 0 aliphatic rings. The van der Waals surface area contributed by atoms with Gasteiger partial charge in [-0.3, -0.25) is 4.79 Å². The molecule has 6 heteroatoms. The number of carbonyl (C=O) groups is 2. The number of aliphatic carboxylic acids is 1. The van der Waals surface area contributed by atoms with Crippen LogP contribution < -0.4 is 14.8 Å². The zero-order valence-corrected chi connectivity index (χ0v) is 13.2. The minimum atomic E-state index is -1.02. The van der Waals surface area contributed by atoms with Gasteiger partial charge in [0.2, 0.25) is 5.91 Å². The Labute approximate surface area is 130 Å². The summed E-state index contributed by atoms with van der Waals surface area (Å²) in [6.07, 6.45) is 0.481. The summed E-state index contributed by atoms with van der Waals surface area (Å²) in [4.78, 5) is 22.9. The topological polar surface area (TPSA) is 84.9 Å². The van der Waals surface area contributed by atoms with Crippen molar-refractivity contribution in [1.82, 2.24) is 5.32 Å². The van der Waals surface area contributed by atoms with Crippen LogP contribution in [-0.4, -0.2) is 36.7 Å². The Kier molecular flexibility index (Phi) is 7.22. The maximum Gasteiger partial charge on any atom is 0.326 e. The molecule has 1 unspecified atom stereocenters. The lowest BCUT2D eigenvalue weighted by Gasteiger charge is -2.16. The first kappa shape index (κ1) is 17.8. The molecule has 0 heterocycles. The van der Waals surface area contributed by atoms with E-state index in [9.17, 15) is 9.59 Å². The maximum atomic E-state index is 11.8. The minimum Gasteiger partial charge on any atom is -0.493 e. The van der Waals surface area contributed by atoms with Gasteiger partial charge in [0, 0.05) is 0 Å². The van der Waals surface area contributed by atoms with Crippen molar-refractivity contribution >= 4 is 11.9 Å². The second-order valence-electron chi connectivity index (χ2n) is 5.34. The molecule has 1 amide bonds. The number of rotatable bonds is 9. The van der Waals surface area contributed by atoms with E-state index in [4.69, 9.17) is 14.6 Å². The Morgan fingerprint density at radius 3 is 2.41 bits per heavy atom. The zero-order valence-electron chi connectivity index (χ0n) is 13.2. The highest BCUT2D eigenvalue weighted by Crippen LogP contribution is 2.25. The molecule has 22 heavy (non-hydrogen) atoms. The molecule has 6 nitrogen and oxygen atoms in total. The number of hydrogen-bond acceptors (Lipinski definition) is 4. The standard InChI is InChI=1S/C16H23NO5/c1-11(2)10-12(16(19)20)17-15(18)8-9-22-14-7-5-4-6-13(14)21-3/h4-7,11-12H,8-10H2,1-3H3,(H,17,18)(H,19,20). The second kappa shape index (κ2) is 8.92. The van der Waals surface area contributed by atoms with Crippen LogP contribution in [0.1, 0.15) is 26.7 Å². The monoisotopic (exact) mass is 309 g/mol. The lowest BCUT2D eigenvalue weighted by Crippen LogP contribution is -2.42. The zero-order chi connectivity index (χ0) is 16.5. The van der Waals surface area contributed by atoms with Gasteiger partial charge in [-0.05, 0) is 24.5 Å². The summed E-state index contributed by atoms with van der Waals surface area (Å²) in [6, 6.07) is 6.27. The van der Waals surface area contributed by atoms with Gasteiger partial charge in [-0.2, -0.15) is 0 Å². The third-order valence-electron chi connectivity index (χ3n) is 3.00. The Bertz CT molecular complexity index is 501. The molecule has 0 saturated carbocycles. The van der Waals surface area contributed by atoms with Gasteiger partial charge < -0.3 is 19.9 Å². The Hall–Kier alpha value is -2.24. The summed E-state index contributed by atoms with van der Waals surface area (Å²) in [5.41, 5.74) is 0. The molecule has 0 bridgehead atoms. The molecule has 1 aromatic rings. The second-order valence-corrected chi connectivity index (χ2v) is 5.34. The summed E-state index contributed by atoms with van der Waals surface area (Å²) in [5, 5.41) is 11.6. The number of ether oxygens (including phenoxy) is 2. The predicted molar refractivity (Wildman–Crippen MR) is 82.1 cm³/mol. The van der Waals surface area contributed by atoms with Crippen molar-refractivity contribution < 1.29 is 24.2 Å². The molecule has 0 aromatic heterocycles. The number of carboxylic acid groups (broad SMARTS) is 1. The summed E-state index contributed by atoms with van der Waals surface area (Å²) >= 11 is 0. The van der Waals surface area contributed by atoms with Gasteiger partial charge in [0.05, 0.1) is 20.1 Å². The minimum absolute atomic E-state index is 0.0833. The van der Waals surface area contributed by atoms with Crippen LogP contribution in [0.2, 0.25) is 0 Å².